The smallest absolute Gasteiger partial charge is 0.0283 e. The van der Waals surface area contributed by atoms with E-state index in [0.29, 0.717) is 0 Å². The monoisotopic (exact) mass is 402 g/mol. The van der Waals surface area contributed by atoms with E-state index in [1.807, 2.05) is 0 Å². The van der Waals surface area contributed by atoms with Crippen molar-refractivity contribution in [3.05, 3.63) is 57.0 Å². The minimum atomic E-state index is 0.884. The molecule has 16 heavy (non-hydrogen) atoms. The van der Waals surface area contributed by atoms with Crippen LogP contribution in [0.5, 0.6) is 0 Å². The number of alkyl halides is 1. The minimum absolute atomic E-state index is 0.884. The third-order valence-electron chi connectivity index (χ3n) is 2.32. The van der Waals surface area contributed by atoms with Gasteiger partial charge in [0.25, 0.3) is 0 Å². The predicted octanol–water partition coefficient (Wildman–Crippen LogP) is 5.77. The Morgan fingerprint density at radius 1 is 0.938 bits per heavy atom. The fraction of sp³-hybridized carbons (Fsp3) is 0.0769. The summed E-state index contributed by atoms with van der Waals surface area (Å²) in [5, 5.41) is 0.884. The molecule has 0 aromatic heterocycles. The van der Waals surface area contributed by atoms with E-state index in [2.05, 4.69) is 90.3 Å². The summed E-state index contributed by atoms with van der Waals surface area (Å²) >= 11 is 10.5. The van der Waals surface area contributed by atoms with Crippen molar-refractivity contribution in [2.24, 2.45) is 0 Å². The van der Waals surface area contributed by atoms with Crippen LogP contribution in [0.3, 0.4) is 0 Å². The van der Waals surface area contributed by atoms with E-state index in [9.17, 15) is 0 Å². The molecule has 0 bridgehead atoms. The molecular formula is C13H9Br3. The Balaban J connectivity index is 2.49. The highest BCUT2D eigenvalue weighted by Crippen LogP contribution is 2.31. The van der Waals surface area contributed by atoms with Crippen LogP contribution in [0.4, 0.5) is 0 Å². The maximum atomic E-state index is 3.59. The Morgan fingerprint density at radius 2 is 1.75 bits per heavy atom. The second kappa shape index (κ2) is 5.48. The Morgan fingerprint density at radius 3 is 2.44 bits per heavy atom. The molecule has 0 heterocycles. The van der Waals surface area contributed by atoms with Crippen LogP contribution in [0, 0.1) is 0 Å². The van der Waals surface area contributed by atoms with Gasteiger partial charge in [0, 0.05) is 14.3 Å². The Kier molecular flexibility index (Phi) is 4.22. The molecule has 3 heteroatoms. The zero-order valence-corrected chi connectivity index (χ0v) is 13.1. The van der Waals surface area contributed by atoms with Gasteiger partial charge < -0.3 is 0 Å². The Labute approximate surface area is 120 Å². The molecule has 0 aliphatic rings. The van der Waals surface area contributed by atoms with Gasteiger partial charge in [-0.3, -0.25) is 0 Å². The summed E-state index contributed by atoms with van der Waals surface area (Å²) in [6, 6.07) is 14.8. The van der Waals surface area contributed by atoms with Crippen molar-refractivity contribution in [1.29, 1.82) is 0 Å². The zero-order chi connectivity index (χ0) is 11.5. The number of rotatable bonds is 2. The first-order valence-corrected chi connectivity index (χ1v) is 7.52. The van der Waals surface area contributed by atoms with Gasteiger partial charge in [0.15, 0.2) is 0 Å². The van der Waals surface area contributed by atoms with E-state index < -0.39 is 0 Å². The minimum Gasteiger partial charge on any atom is -0.0876 e. The van der Waals surface area contributed by atoms with E-state index in [1.165, 1.54) is 16.7 Å². The summed E-state index contributed by atoms with van der Waals surface area (Å²) in [6.45, 7) is 0. The van der Waals surface area contributed by atoms with Crippen molar-refractivity contribution in [1.82, 2.24) is 0 Å². The van der Waals surface area contributed by atoms with Gasteiger partial charge >= 0.3 is 0 Å². The van der Waals surface area contributed by atoms with Crippen LogP contribution in [0.15, 0.2) is 51.4 Å². The van der Waals surface area contributed by atoms with Gasteiger partial charge in [-0.25, -0.2) is 0 Å². The molecule has 0 unspecified atom stereocenters. The average Bonchev–Trinajstić information content (AvgIpc) is 2.29. The highest BCUT2D eigenvalue weighted by molar-refractivity contribution is 9.11. The number of benzene rings is 2. The second-order valence-corrected chi connectivity index (χ2v) is 5.79. The summed E-state index contributed by atoms with van der Waals surface area (Å²) in [5.74, 6) is 0. The van der Waals surface area contributed by atoms with E-state index in [-0.39, 0.29) is 0 Å². The lowest BCUT2D eigenvalue weighted by Crippen LogP contribution is -1.83. The van der Waals surface area contributed by atoms with E-state index in [1.54, 1.807) is 0 Å². The van der Waals surface area contributed by atoms with Crippen molar-refractivity contribution in [2.75, 3.05) is 0 Å². The molecule has 82 valence electrons. The first kappa shape index (κ1) is 12.3. The van der Waals surface area contributed by atoms with Crippen molar-refractivity contribution in [3.63, 3.8) is 0 Å². The summed E-state index contributed by atoms with van der Waals surface area (Å²) in [7, 11) is 0. The normalized spacial score (nSPS) is 10.4. The topological polar surface area (TPSA) is 0 Å². The lowest BCUT2D eigenvalue weighted by Gasteiger charge is -2.06. The lowest BCUT2D eigenvalue weighted by molar-refractivity contribution is 1.43. The van der Waals surface area contributed by atoms with Crippen LogP contribution in [0.1, 0.15) is 5.56 Å². The van der Waals surface area contributed by atoms with Crippen molar-refractivity contribution in [2.45, 2.75) is 5.33 Å². The molecule has 0 atom stereocenters. The van der Waals surface area contributed by atoms with E-state index in [0.717, 1.165) is 14.3 Å². The summed E-state index contributed by atoms with van der Waals surface area (Å²) in [4.78, 5) is 0. The van der Waals surface area contributed by atoms with Gasteiger partial charge in [-0.2, -0.15) is 0 Å². The quantitative estimate of drug-likeness (QED) is 0.557. The molecule has 2 rings (SSSR count). The third-order valence-corrected chi connectivity index (χ3v) is 4.12. The molecular weight excluding hydrogens is 396 g/mol. The molecule has 2 aromatic rings. The van der Waals surface area contributed by atoms with Crippen molar-refractivity contribution >= 4 is 47.8 Å². The number of hydrogen-bond acceptors (Lipinski definition) is 0. The summed E-state index contributed by atoms with van der Waals surface area (Å²) in [5.41, 5.74) is 3.73. The van der Waals surface area contributed by atoms with Gasteiger partial charge in [-0.1, -0.05) is 78.1 Å². The number of hydrogen-bond donors (Lipinski definition) is 0. The highest BCUT2D eigenvalue weighted by Gasteiger charge is 2.04. The highest BCUT2D eigenvalue weighted by atomic mass is 79.9. The van der Waals surface area contributed by atoms with Crippen LogP contribution >= 0.6 is 47.8 Å². The molecule has 0 saturated heterocycles. The van der Waals surface area contributed by atoms with Gasteiger partial charge in [0.2, 0.25) is 0 Å². The SMILES string of the molecule is BrCc1cccc(-c2ccc(Br)cc2Br)c1. The van der Waals surface area contributed by atoms with E-state index in [4.69, 9.17) is 0 Å². The van der Waals surface area contributed by atoms with Crippen LogP contribution in [-0.4, -0.2) is 0 Å². The first-order chi connectivity index (χ1) is 7.70. The molecule has 0 nitrogen and oxygen atoms in total. The molecule has 0 spiro atoms. The number of halogens is 3. The summed E-state index contributed by atoms with van der Waals surface area (Å²) in [6.07, 6.45) is 0. The van der Waals surface area contributed by atoms with Crippen molar-refractivity contribution < 1.29 is 0 Å². The van der Waals surface area contributed by atoms with Crippen LogP contribution in [0.25, 0.3) is 11.1 Å². The standard InChI is InChI=1S/C13H9Br3/c14-8-9-2-1-3-10(6-9)12-5-4-11(15)7-13(12)16/h1-7H,8H2. The molecule has 0 saturated carbocycles. The Bertz CT molecular complexity index is 506. The van der Waals surface area contributed by atoms with Crippen molar-refractivity contribution in [3.8, 4) is 11.1 Å². The Hall–Kier alpha value is -0.120. The fourth-order valence-corrected chi connectivity index (χ4v) is 3.17. The van der Waals surface area contributed by atoms with Gasteiger partial charge in [-0.05, 0) is 28.8 Å². The predicted molar refractivity (Wildman–Crippen MR) is 79.9 cm³/mol. The van der Waals surface area contributed by atoms with Gasteiger partial charge in [0.05, 0.1) is 0 Å². The van der Waals surface area contributed by atoms with Crippen LogP contribution in [-0.2, 0) is 5.33 Å². The molecule has 2 aromatic carbocycles. The van der Waals surface area contributed by atoms with Gasteiger partial charge in [0.1, 0.15) is 0 Å². The second-order valence-electron chi connectivity index (χ2n) is 3.46. The largest absolute Gasteiger partial charge is 0.0876 e. The average molecular weight is 405 g/mol. The maximum absolute atomic E-state index is 3.59. The lowest BCUT2D eigenvalue weighted by atomic mass is 10.0. The first-order valence-electron chi connectivity index (χ1n) is 4.81. The zero-order valence-electron chi connectivity index (χ0n) is 8.38. The maximum Gasteiger partial charge on any atom is 0.0283 e. The molecule has 0 aliphatic carbocycles. The van der Waals surface area contributed by atoms with Gasteiger partial charge in [-0.15, -0.1) is 0 Å². The fourth-order valence-electron chi connectivity index (χ4n) is 1.55. The molecule has 0 aliphatic heterocycles. The molecule has 0 N–H and O–H groups in total. The third kappa shape index (κ3) is 2.76. The summed E-state index contributed by atoms with van der Waals surface area (Å²) < 4.78 is 2.19. The van der Waals surface area contributed by atoms with E-state index >= 15 is 0 Å². The molecule has 0 fully saturated rings. The van der Waals surface area contributed by atoms with Crippen LogP contribution in [0.2, 0.25) is 0 Å². The molecule has 0 amide bonds. The molecule has 0 radical (unpaired) electrons. The van der Waals surface area contributed by atoms with Crippen LogP contribution < -0.4 is 0 Å².